The van der Waals surface area contributed by atoms with Gasteiger partial charge in [-0.3, -0.25) is 4.98 Å². The highest BCUT2D eigenvalue weighted by Gasteiger charge is 2.16. The first kappa shape index (κ1) is 22.5. The van der Waals surface area contributed by atoms with E-state index >= 15 is 0 Å². The summed E-state index contributed by atoms with van der Waals surface area (Å²) in [6.07, 6.45) is 1.76. The Morgan fingerprint density at radius 1 is 1.00 bits per heavy atom. The monoisotopic (exact) mass is 461 g/mol. The number of nitrogens with zero attached hydrogens (tertiary/aromatic N) is 3. The van der Waals surface area contributed by atoms with Crippen LogP contribution in [0.4, 0.5) is 0 Å². The lowest BCUT2D eigenvalue weighted by Gasteiger charge is -2.09. The van der Waals surface area contributed by atoms with Crippen molar-refractivity contribution < 1.29 is 19.1 Å². The Bertz CT molecular complexity index is 1290. The maximum atomic E-state index is 12.2. The van der Waals surface area contributed by atoms with Crippen LogP contribution in [-0.2, 0) is 21.8 Å². The van der Waals surface area contributed by atoms with Crippen LogP contribution in [0.1, 0.15) is 38.9 Å². The third kappa shape index (κ3) is 5.23. The van der Waals surface area contributed by atoms with E-state index in [-0.39, 0.29) is 11.9 Å². The van der Waals surface area contributed by atoms with Gasteiger partial charge in [-0.2, -0.15) is 0 Å². The molecule has 0 atom stereocenters. The summed E-state index contributed by atoms with van der Waals surface area (Å²) in [4.78, 5) is 33.3. The summed E-state index contributed by atoms with van der Waals surface area (Å²) in [7, 11) is 1.37. The van der Waals surface area contributed by atoms with E-state index in [0.717, 1.165) is 21.9 Å². The van der Waals surface area contributed by atoms with E-state index in [1.807, 2.05) is 42.5 Å². The van der Waals surface area contributed by atoms with Crippen LogP contribution in [0.15, 0.2) is 72.0 Å². The first-order chi connectivity index (χ1) is 16.1. The third-order valence-corrected chi connectivity index (χ3v) is 6.03. The zero-order valence-electron chi connectivity index (χ0n) is 18.4. The number of thioether (sulfide) groups is 1. The molecule has 4 rings (SSSR count). The molecule has 4 aromatic rings. The summed E-state index contributed by atoms with van der Waals surface area (Å²) in [5, 5.41) is 0.792. The van der Waals surface area contributed by atoms with Gasteiger partial charge in [0, 0.05) is 11.9 Å². The Morgan fingerprint density at radius 2 is 1.85 bits per heavy atom. The van der Waals surface area contributed by atoms with Crippen LogP contribution in [0.5, 0.6) is 0 Å². The number of methoxy groups -OCH3 is 1. The number of fused-ring (bicyclic) bond motifs is 1. The zero-order valence-corrected chi connectivity index (χ0v) is 19.2. The molecule has 0 fully saturated rings. The highest BCUT2D eigenvalue weighted by molar-refractivity contribution is 7.98. The minimum absolute atomic E-state index is 0.316. The molecule has 0 spiro atoms. The molecule has 2 aromatic carbocycles. The van der Waals surface area contributed by atoms with Gasteiger partial charge >= 0.3 is 11.9 Å². The predicted molar refractivity (Wildman–Crippen MR) is 126 cm³/mol. The minimum atomic E-state index is -0.368. The van der Waals surface area contributed by atoms with Gasteiger partial charge in [0.05, 0.1) is 48.1 Å². The molecule has 0 aliphatic rings. The number of esters is 2. The maximum absolute atomic E-state index is 12.2. The van der Waals surface area contributed by atoms with Crippen molar-refractivity contribution in [3.63, 3.8) is 0 Å². The van der Waals surface area contributed by atoms with Crippen LogP contribution in [-0.4, -0.2) is 40.2 Å². The number of aromatic nitrogens is 3. The van der Waals surface area contributed by atoms with Crippen LogP contribution >= 0.6 is 11.8 Å². The lowest BCUT2D eigenvalue weighted by molar-refractivity contribution is 0.0525. The second kappa shape index (κ2) is 10.3. The van der Waals surface area contributed by atoms with Crippen LogP contribution < -0.4 is 0 Å². The second-order valence-corrected chi connectivity index (χ2v) is 8.15. The number of rotatable bonds is 8. The van der Waals surface area contributed by atoms with Crippen LogP contribution in [0, 0.1) is 0 Å². The molecule has 0 saturated carbocycles. The maximum Gasteiger partial charge on any atom is 0.338 e. The van der Waals surface area contributed by atoms with Gasteiger partial charge in [0.25, 0.3) is 0 Å². The zero-order chi connectivity index (χ0) is 23.2. The molecule has 0 aliphatic heterocycles. The summed E-state index contributed by atoms with van der Waals surface area (Å²) in [5.74, 6) is -0.121. The molecule has 0 saturated heterocycles. The molecule has 2 heterocycles. The van der Waals surface area contributed by atoms with Crippen molar-refractivity contribution in [2.45, 2.75) is 24.4 Å². The van der Waals surface area contributed by atoms with Gasteiger partial charge in [0.15, 0.2) is 5.16 Å². The molecule has 8 heteroatoms. The summed E-state index contributed by atoms with van der Waals surface area (Å²) in [6, 6.07) is 18.5. The fourth-order valence-corrected chi connectivity index (χ4v) is 4.38. The molecule has 0 aliphatic carbocycles. The Labute approximate surface area is 195 Å². The van der Waals surface area contributed by atoms with E-state index in [9.17, 15) is 9.59 Å². The molecule has 0 amide bonds. The Kier molecular flexibility index (Phi) is 7.04. The van der Waals surface area contributed by atoms with Crippen molar-refractivity contribution in [3.05, 3.63) is 89.2 Å². The van der Waals surface area contributed by atoms with E-state index in [4.69, 9.17) is 14.5 Å². The van der Waals surface area contributed by atoms with Gasteiger partial charge in [-0.25, -0.2) is 14.6 Å². The summed E-state index contributed by atoms with van der Waals surface area (Å²) < 4.78 is 12.0. The molecule has 168 valence electrons. The number of carbonyl (C=O) groups excluding carboxylic acids is 2. The molecular weight excluding hydrogens is 438 g/mol. The number of ether oxygens (including phenoxy) is 2. The van der Waals surface area contributed by atoms with Crippen molar-refractivity contribution >= 4 is 34.7 Å². The molecule has 0 N–H and O–H groups in total. The molecule has 2 aromatic heterocycles. The molecular formula is C25H23N3O4S. The van der Waals surface area contributed by atoms with Gasteiger partial charge in [-0.1, -0.05) is 30.0 Å². The average Bonchev–Trinajstić information content (AvgIpc) is 3.19. The summed E-state index contributed by atoms with van der Waals surface area (Å²) >= 11 is 1.55. The largest absolute Gasteiger partial charge is 0.465 e. The van der Waals surface area contributed by atoms with Gasteiger partial charge in [0.1, 0.15) is 0 Å². The van der Waals surface area contributed by atoms with E-state index in [0.29, 0.717) is 35.5 Å². The standard InChI is InChI=1S/C25H23N3O4S/c1-3-32-24(30)19-10-11-22-21(14-19)27-25(28(22)15-20-9-4-5-12-26-20)33-16-17-7-6-8-18(13-17)23(29)31-2/h4-14H,3,15-16H2,1-2H3. The van der Waals surface area contributed by atoms with Crippen LogP contribution in [0.25, 0.3) is 11.0 Å². The Balaban J connectivity index is 1.67. The third-order valence-electron chi connectivity index (χ3n) is 4.99. The Hall–Kier alpha value is -3.65. The fourth-order valence-electron chi connectivity index (χ4n) is 3.42. The minimum Gasteiger partial charge on any atom is -0.465 e. The molecule has 0 bridgehead atoms. The second-order valence-electron chi connectivity index (χ2n) is 7.21. The molecule has 0 radical (unpaired) electrons. The van der Waals surface area contributed by atoms with Crippen molar-refractivity contribution in [2.24, 2.45) is 0 Å². The molecule has 0 unspecified atom stereocenters. The van der Waals surface area contributed by atoms with Crippen molar-refractivity contribution in [2.75, 3.05) is 13.7 Å². The van der Waals surface area contributed by atoms with E-state index in [2.05, 4.69) is 9.55 Å². The Morgan fingerprint density at radius 3 is 2.61 bits per heavy atom. The fraction of sp³-hybridized carbons (Fsp3) is 0.200. The SMILES string of the molecule is CCOC(=O)c1ccc2c(c1)nc(SCc1cccc(C(=O)OC)c1)n2Cc1ccccn1. The topological polar surface area (TPSA) is 83.3 Å². The smallest absolute Gasteiger partial charge is 0.338 e. The summed E-state index contributed by atoms with van der Waals surface area (Å²) in [5.41, 5.74) is 4.47. The highest BCUT2D eigenvalue weighted by Crippen LogP contribution is 2.28. The predicted octanol–water partition coefficient (Wildman–Crippen LogP) is 4.74. The van der Waals surface area contributed by atoms with Gasteiger partial charge in [0.2, 0.25) is 0 Å². The van der Waals surface area contributed by atoms with E-state index < -0.39 is 0 Å². The first-order valence-corrected chi connectivity index (χ1v) is 11.4. The summed E-state index contributed by atoms with van der Waals surface area (Å²) in [6.45, 7) is 2.64. The van der Waals surface area contributed by atoms with Gasteiger partial charge < -0.3 is 14.0 Å². The van der Waals surface area contributed by atoms with Crippen molar-refractivity contribution in [3.8, 4) is 0 Å². The number of carbonyl (C=O) groups is 2. The highest BCUT2D eigenvalue weighted by atomic mass is 32.2. The number of hydrogen-bond donors (Lipinski definition) is 0. The van der Waals surface area contributed by atoms with Crippen LogP contribution in [0.3, 0.4) is 0 Å². The average molecular weight is 462 g/mol. The van der Waals surface area contributed by atoms with Crippen LogP contribution in [0.2, 0.25) is 0 Å². The van der Waals surface area contributed by atoms with E-state index in [1.54, 1.807) is 43.1 Å². The number of benzene rings is 2. The number of pyridine rings is 1. The molecule has 7 nitrogen and oxygen atoms in total. The normalized spacial score (nSPS) is 10.8. The molecule has 33 heavy (non-hydrogen) atoms. The van der Waals surface area contributed by atoms with Gasteiger partial charge in [-0.15, -0.1) is 0 Å². The lowest BCUT2D eigenvalue weighted by atomic mass is 10.1. The van der Waals surface area contributed by atoms with Crippen molar-refractivity contribution in [1.29, 1.82) is 0 Å². The first-order valence-electron chi connectivity index (χ1n) is 10.5. The quantitative estimate of drug-likeness (QED) is 0.277. The van der Waals surface area contributed by atoms with Gasteiger partial charge in [-0.05, 0) is 55.0 Å². The lowest BCUT2D eigenvalue weighted by Crippen LogP contribution is -2.05. The number of hydrogen-bond acceptors (Lipinski definition) is 7. The number of imidazole rings is 1. The van der Waals surface area contributed by atoms with E-state index in [1.165, 1.54) is 7.11 Å². The van der Waals surface area contributed by atoms with Crippen molar-refractivity contribution in [1.82, 2.24) is 14.5 Å².